The fraction of sp³-hybridized carbons (Fsp3) is 0.316. The largest absolute Gasteiger partial charge is 0.336 e. The number of non-ortho nitro benzene ring substituents is 1. The first kappa shape index (κ1) is 18.9. The molecule has 0 saturated carbocycles. The van der Waals surface area contributed by atoms with Gasteiger partial charge in [0.15, 0.2) is 0 Å². The van der Waals surface area contributed by atoms with E-state index in [0.717, 1.165) is 11.1 Å². The van der Waals surface area contributed by atoms with Gasteiger partial charge in [0.1, 0.15) is 0 Å². The van der Waals surface area contributed by atoms with Gasteiger partial charge in [-0.2, -0.15) is 0 Å². The van der Waals surface area contributed by atoms with Crippen LogP contribution in [0.2, 0.25) is 0 Å². The minimum Gasteiger partial charge on any atom is -0.336 e. The highest BCUT2D eigenvalue weighted by Gasteiger charge is 2.21. The number of rotatable bonds is 8. The Morgan fingerprint density at radius 2 is 1.80 bits per heavy atom. The van der Waals surface area contributed by atoms with Crippen LogP contribution in [0.3, 0.4) is 0 Å². The molecule has 0 radical (unpaired) electrons. The Hall–Kier alpha value is -2.40. The van der Waals surface area contributed by atoms with E-state index in [1.165, 1.54) is 12.1 Å². The standard InChI is InChI=1S/C19H21ClN2O3/c1-15(17-6-3-2-4-7-17)21(13-5-12-20)19(23)14-16-8-10-18(11-9-16)22(24)25/h2-4,6-11,15H,5,12-14H2,1H3/t15-/m0/s1. The quantitative estimate of drug-likeness (QED) is 0.399. The van der Waals surface area contributed by atoms with Gasteiger partial charge in [0.25, 0.3) is 5.69 Å². The third-order valence-corrected chi connectivity index (χ3v) is 4.37. The number of halogens is 1. The number of carbonyl (C=O) groups excluding carboxylic acids is 1. The molecule has 132 valence electrons. The average Bonchev–Trinajstić information content (AvgIpc) is 2.63. The van der Waals surface area contributed by atoms with Gasteiger partial charge < -0.3 is 4.90 Å². The van der Waals surface area contributed by atoms with Crippen LogP contribution in [0.25, 0.3) is 0 Å². The topological polar surface area (TPSA) is 63.5 Å². The van der Waals surface area contributed by atoms with Crippen molar-refractivity contribution in [2.24, 2.45) is 0 Å². The van der Waals surface area contributed by atoms with Gasteiger partial charge in [-0.15, -0.1) is 11.6 Å². The maximum atomic E-state index is 12.8. The molecule has 0 unspecified atom stereocenters. The van der Waals surface area contributed by atoms with Crippen molar-refractivity contribution in [3.05, 3.63) is 75.8 Å². The van der Waals surface area contributed by atoms with Crippen LogP contribution in [0, 0.1) is 10.1 Å². The van der Waals surface area contributed by atoms with Gasteiger partial charge in [-0.1, -0.05) is 42.5 Å². The Labute approximate surface area is 152 Å². The molecule has 0 N–H and O–H groups in total. The molecule has 2 aromatic carbocycles. The van der Waals surface area contributed by atoms with Gasteiger partial charge in [-0.3, -0.25) is 14.9 Å². The smallest absolute Gasteiger partial charge is 0.269 e. The molecule has 0 aromatic heterocycles. The summed E-state index contributed by atoms with van der Waals surface area (Å²) in [6, 6.07) is 15.9. The second kappa shape index (κ2) is 9.18. The molecule has 0 aliphatic heterocycles. The highest BCUT2D eigenvalue weighted by Crippen LogP contribution is 2.22. The maximum absolute atomic E-state index is 12.8. The summed E-state index contributed by atoms with van der Waals surface area (Å²) in [6.45, 7) is 2.57. The molecule has 1 atom stereocenters. The predicted molar refractivity (Wildman–Crippen MR) is 98.7 cm³/mol. The van der Waals surface area contributed by atoms with Crippen molar-refractivity contribution in [3.63, 3.8) is 0 Å². The van der Waals surface area contributed by atoms with Gasteiger partial charge in [0, 0.05) is 24.6 Å². The minimum atomic E-state index is -0.449. The number of benzene rings is 2. The summed E-state index contributed by atoms with van der Waals surface area (Å²) in [5, 5.41) is 10.7. The molecular weight excluding hydrogens is 340 g/mol. The van der Waals surface area contributed by atoms with Gasteiger partial charge >= 0.3 is 0 Å². The molecule has 25 heavy (non-hydrogen) atoms. The maximum Gasteiger partial charge on any atom is 0.269 e. The first-order chi connectivity index (χ1) is 12.0. The summed E-state index contributed by atoms with van der Waals surface area (Å²) in [4.78, 5) is 24.9. The second-order valence-electron chi connectivity index (χ2n) is 5.82. The van der Waals surface area contributed by atoms with Crippen LogP contribution in [0.1, 0.15) is 30.5 Å². The highest BCUT2D eigenvalue weighted by molar-refractivity contribution is 6.17. The van der Waals surface area contributed by atoms with E-state index in [9.17, 15) is 14.9 Å². The third kappa shape index (κ3) is 5.29. The van der Waals surface area contributed by atoms with E-state index >= 15 is 0 Å². The number of hydrogen-bond acceptors (Lipinski definition) is 3. The van der Waals surface area contributed by atoms with E-state index < -0.39 is 4.92 Å². The summed E-state index contributed by atoms with van der Waals surface area (Å²) in [7, 11) is 0. The lowest BCUT2D eigenvalue weighted by atomic mass is 10.0. The summed E-state index contributed by atoms with van der Waals surface area (Å²) in [6.07, 6.45) is 0.919. The van der Waals surface area contributed by atoms with Gasteiger partial charge in [0.05, 0.1) is 17.4 Å². The Balaban J connectivity index is 2.13. The third-order valence-electron chi connectivity index (χ3n) is 4.10. The summed E-state index contributed by atoms with van der Waals surface area (Å²) >= 11 is 5.81. The van der Waals surface area contributed by atoms with Crippen LogP contribution >= 0.6 is 11.6 Å². The molecule has 0 heterocycles. The molecule has 1 amide bonds. The molecule has 0 aliphatic carbocycles. The Morgan fingerprint density at radius 1 is 1.16 bits per heavy atom. The average molecular weight is 361 g/mol. The number of carbonyl (C=O) groups is 1. The van der Waals surface area contributed by atoms with Crippen molar-refractivity contribution < 1.29 is 9.72 Å². The fourth-order valence-electron chi connectivity index (χ4n) is 2.69. The van der Waals surface area contributed by atoms with Gasteiger partial charge in [-0.25, -0.2) is 0 Å². The number of alkyl halides is 1. The monoisotopic (exact) mass is 360 g/mol. The Bertz CT molecular complexity index is 704. The normalized spacial score (nSPS) is 11.8. The number of nitrogens with zero attached hydrogens (tertiary/aromatic N) is 2. The summed E-state index contributed by atoms with van der Waals surface area (Å²) < 4.78 is 0. The molecular formula is C19H21ClN2O3. The van der Waals surface area contributed by atoms with Crippen LogP contribution in [0.15, 0.2) is 54.6 Å². The van der Waals surface area contributed by atoms with Crippen molar-refractivity contribution in [3.8, 4) is 0 Å². The molecule has 2 aromatic rings. The van der Waals surface area contributed by atoms with Crippen LogP contribution < -0.4 is 0 Å². The Morgan fingerprint density at radius 3 is 2.36 bits per heavy atom. The van der Waals surface area contributed by atoms with Crippen LogP contribution in [-0.2, 0) is 11.2 Å². The summed E-state index contributed by atoms with van der Waals surface area (Å²) in [5.41, 5.74) is 1.84. The van der Waals surface area contributed by atoms with Crippen molar-refractivity contribution in [2.45, 2.75) is 25.8 Å². The van der Waals surface area contributed by atoms with E-state index in [-0.39, 0.29) is 24.1 Å². The van der Waals surface area contributed by atoms with Crippen molar-refractivity contribution in [1.82, 2.24) is 4.90 Å². The summed E-state index contributed by atoms with van der Waals surface area (Å²) in [5.74, 6) is 0.471. The van der Waals surface area contributed by atoms with E-state index in [0.29, 0.717) is 18.8 Å². The van der Waals surface area contributed by atoms with E-state index in [2.05, 4.69) is 0 Å². The zero-order valence-corrected chi connectivity index (χ0v) is 14.9. The molecule has 2 rings (SSSR count). The number of amides is 1. The van der Waals surface area contributed by atoms with Gasteiger partial charge in [0.2, 0.25) is 5.91 Å². The zero-order chi connectivity index (χ0) is 18.2. The Kier molecular flexibility index (Phi) is 6.95. The van der Waals surface area contributed by atoms with Crippen molar-refractivity contribution in [1.29, 1.82) is 0 Å². The molecule has 0 saturated heterocycles. The lowest BCUT2D eigenvalue weighted by Gasteiger charge is -2.30. The molecule has 0 fully saturated rings. The minimum absolute atomic E-state index is 0.0182. The number of nitro groups is 1. The lowest BCUT2D eigenvalue weighted by molar-refractivity contribution is -0.384. The van der Waals surface area contributed by atoms with Crippen LogP contribution in [-0.4, -0.2) is 28.2 Å². The van der Waals surface area contributed by atoms with Crippen molar-refractivity contribution >= 4 is 23.2 Å². The van der Waals surface area contributed by atoms with E-state index in [1.54, 1.807) is 12.1 Å². The number of nitro benzene ring substituents is 1. The molecule has 5 nitrogen and oxygen atoms in total. The molecule has 6 heteroatoms. The first-order valence-electron chi connectivity index (χ1n) is 8.16. The SMILES string of the molecule is C[C@@H](c1ccccc1)N(CCCCl)C(=O)Cc1ccc([N+](=O)[O-])cc1. The molecule has 0 spiro atoms. The second-order valence-corrected chi connectivity index (χ2v) is 6.19. The fourth-order valence-corrected chi connectivity index (χ4v) is 2.81. The zero-order valence-electron chi connectivity index (χ0n) is 14.1. The van der Waals surface area contributed by atoms with Crippen LogP contribution in [0.5, 0.6) is 0 Å². The van der Waals surface area contributed by atoms with E-state index in [4.69, 9.17) is 11.6 Å². The number of hydrogen-bond donors (Lipinski definition) is 0. The van der Waals surface area contributed by atoms with E-state index in [1.807, 2.05) is 42.2 Å². The molecule has 0 aliphatic rings. The predicted octanol–water partition coefficient (Wildman–Crippen LogP) is 4.36. The highest BCUT2D eigenvalue weighted by atomic mass is 35.5. The lowest BCUT2D eigenvalue weighted by Crippen LogP contribution is -2.35. The van der Waals surface area contributed by atoms with Gasteiger partial charge in [-0.05, 0) is 24.5 Å². The molecule has 0 bridgehead atoms. The van der Waals surface area contributed by atoms with Crippen molar-refractivity contribution in [2.75, 3.05) is 12.4 Å². The van der Waals surface area contributed by atoms with Crippen LogP contribution in [0.4, 0.5) is 5.69 Å². The first-order valence-corrected chi connectivity index (χ1v) is 8.70.